The van der Waals surface area contributed by atoms with E-state index in [0.29, 0.717) is 5.69 Å². The van der Waals surface area contributed by atoms with Crippen molar-refractivity contribution in [3.05, 3.63) is 54.6 Å². The lowest BCUT2D eigenvalue weighted by Gasteiger charge is -2.17. The van der Waals surface area contributed by atoms with E-state index < -0.39 is 27.9 Å². The van der Waals surface area contributed by atoms with Crippen LogP contribution in [0, 0.1) is 0 Å². The molecule has 0 unspecified atom stereocenters. The lowest BCUT2D eigenvalue weighted by atomic mass is 10.3. The van der Waals surface area contributed by atoms with Crippen molar-refractivity contribution in [1.29, 1.82) is 0 Å². The second-order valence-electron chi connectivity index (χ2n) is 5.70. The predicted molar refractivity (Wildman–Crippen MR) is 97.2 cm³/mol. The van der Waals surface area contributed by atoms with Gasteiger partial charge in [0.15, 0.2) is 6.61 Å². The van der Waals surface area contributed by atoms with E-state index in [0.717, 1.165) is 4.90 Å². The van der Waals surface area contributed by atoms with Gasteiger partial charge in [0.25, 0.3) is 15.9 Å². The third kappa shape index (κ3) is 3.67. The van der Waals surface area contributed by atoms with E-state index in [2.05, 4.69) is 4.74 Å². The van der Waals surface area contributed by atoms with Crippen molar-refractivity contribution in [1.82, 2.24) is 4.31 Å². The molecule has 0 radical (unpaired) electrons. The van der Waals surface area contributed by atoms with E-state index in [-0.39, 0.29) is 28.1 Å². The molecule has 3 rings (SSSR count). The smallest absolute Gasteiger partial charge is 0.346 e. The van der Waals surface area contributed by atoms with Crippen molar-refractivity contribution in [3.63, 3.8) is 0 Å². The fourth-order valence-corrected chi connectivity index (χ4v) is 3.87. The van der Waals surface area contributed by atoms with Gasteiger partial charge < -0.3 is 9.47 Å². The van der Waals surface area contributed by atoms with Gasteiger partial charge >= 0.3 is 12.0 Å². The molecule has 0 bridgehead atoms. The Bertz CT molecular complexity index is 1000. The number of imide groups is 1. The number of urea groups is 1. The molecule has 146 valence electrons. The lowest BCUT2D eigenvalue weighted by molar-refractivity contribution is -0.142. The summed E-state index contributed by atoms with van der Waals surface area (Å²) in [7, 11) is -3.17. The first kappa shape index (κ1) is 19.4. The van der Waals surface area contributed by atoms with Crippen molar-refractivity contribution in [3.8, 4) is 5.75 Å². The van der Waals surface area contributed by atoms with Crippen LogP contribution in [-0.2, 0) is 24.3 Å². The molecule has 0 N–H and O–H groups in total. The molecule has 1 saturated heterocycles. The Morgan fingerprint density at radius 1 is 1.04 bits per heavy atom. The van der Waals surface area contributed by atoms with E-state index in [1.54, 1.807) is 30.3 Å². The third-order valence-electron chi connectivity index (χ3n) is 3.94. The summed E-state index contributed by atoms with van der Waals surface area (Å²) in [5.74, 6) is -1.21. The maximum atomic E-state index is 12.8. The van der Waals surface area contributed by atoms with Crippen LogP contribution in [0.3, 0.4) is 0 Å². The van der Waals surface area contributed by atoms with Crippen LogP contribution in [0.1, 0.15) is 0 Å². The molecular weight excluding hydrogens is 388 g/mol. The molecule has 1 aliphatic heterocycles. The molecule has 9 nitrogen and oxygen atoms in total. The number of amides is 3. The van der Waals surface area contributed by atoms with Gasteiger partial charge in [-0.2, -0.15) is 0 Å². The van der Waals surface area contributed by atoms with Crippen LogP contribution in [-0.4, -0.2) is 50.9 Å². The molecule has 10 heteroatoms. The molecule has 0 atom stereocenters. The number of hydrogen-bond acceptors (Lipinski definition) is 7. The van der Waals surface area contributed by atoms with E-state index >= 15 is 0 Å². The van der Waals surface area contributed by atoms with Crippen molar-refractivity contribution in [2.24, 2.45) is 0 Å². The molecule has 28 heavy (non-hydrogen) atoms. The Balaban J connectivity index is 1.81. The number of para-hydroxylation sites is 1. The number of rotatable bonds is 6. The number of sulfonamides is 1. The van der Waals surface area contributed by atoms with Gasteiger partial charge in [0.2, 0.25) is 0 Å². The van der Waals surface area contributed by atoms with Crippen LogP contribution in [0.4, 0.5) is 10.5 Å². The van der Waals surface area contributed by atoms with Gasteiger partial charge in [-0.1, -0.05) is 18.2 Å². The summed E-state index contributed by atoms with van der Waals surface area (Å²) in [5, 5.41) is 0. The van der Waals surface area contributed by atoms with Gasteiger partial charge in [-0.25, -0.2) is 18.0 Å². The topological polar surface area (TPSA) is 110 Å². The average molecular weight is 404 g/mol. The first-order chi connectivity index (χ1) is 13.3. The molecule has 2 aromatic rings. The van der Waals surface area contributed by atoms with Crippen molar-refractivity contribution in [2.75, 3.05) is 25.2 Å². The number of hydrogen-bond donors (Lipinski definition) is 0. The second-order valence-corrected chi connectivity index (χ2v) is 7.49. The molecule has 0 aromatic heterocycles. The number of benzene rings is 2. The van der Waals surface area contributed by atoms with Crippen molar-refractivity contribution >= 4 is 33.6 Å². The molecule has 1 aliphatic rings. The zero-order valence-corrected chi connectivity index (χ0v) is 15.6. The highest BCUT2D eigenvalue weighted by Gasteiger charge is 2.45. The molecule has 0 aliphatic carbocycles. The molecular formula is C18H16N2O7S. The summed E-state index contributed by atoms with van der Waals surface area (Å²) in [5.41, 5.74) is 0.421. The summed E-state index contributed by atoms with van der Waals surface area (Å²) in [4.78, 5) is 36.8. The monoisotopic (exact) mass is 404 g/mol. The van der Waals surface area contributed by atoms with E-state index in [1.165, 1.54) is 31.4 Å². The highest BCUT2D eigenvalue weighted by Crippen LogP contribution is 2.27. The van der Waals surface area contributed by atoms with E-state index in [4.69, 9.17) is 4.74 Å². The minimum Gasteiger partial charge on any atom is -0.482 e. The van der Waals surface area contributed by atoms with E-state index in [9.17, 15) is 22.8 Å². The molecule has 0 spiro atoms. The van der Waals surface area contributed by atoms with Crippen molar-refractivity contribution < 1.29 is 32.3 Å². The fourth-order valence-electron chi connectivity index (χ4n) is 2.54. The maximum absolute atomic E-state index is 12.8. The standard InChI is InChI=1S/C18H16N2O7S/c1-26-17(22)12-27-14-7-9-15(10-8-14)28(24,25)20-16(21)11-19(18(20)23)13-5-3-2-4-6-13/h2-10H,11-12H2,1H3. The fraction of sp³-hybridized carbons (Fsp3) is 0.167. The summed E-state index contributed by atoms with van der Waals surface area (Å²) < 4.78 is 35.4. The SMILES string of the molecule is COC(=O)COc1ccc(S(=O)(=O)N2C(=O)CN(c3ccccc3)C2=O)cc1. The van der Waals surface area contributed by atoms with Crippen LogP contribution in [0.25, 0.3) is 0 Å². The van der Waals surface area contributed by atoms with Gasteiger partial charge in [0.1, 0.15) is 12.3 Å². The van der Waals surface area contributed by atoms with Gasteiger partial charge in [-0.15, -0.1) is 4.31 Å². The summed E-state index contributed by atoms with van der Waals surface area (Å²) >= 11 is 0. The second kappa shape index (κ2) is 7.69. The summed E-state index contributed by atoms with van der Waals surface area (Å²) in [6.45, 7) is -0.708. The molecule has 0 saturated carbocycles. The highest BCUT2D eigenvalue weighted by atomic mass is 32.2. The highest BCUT2D eigenvalue weighted by molar-refractivity contribution is 7.90. The number of methoxy groups -OCH3 is 1. The molecule has 1 fully saturated rings. The molecule has 3 amide bonds. The Hall–Kier alpha value is -3.40. The largest absolute Gasteiger partial charge is 0.482 e. The minimum absolute atomic E-state index is 0.231. The number of ether oxygens (including phenoxy) is 2. The van der Waals surface area contributed by atoms with Crippen LogP contribution >= 0.6 is 0 Å². The normalized spacial score (nSPS) is 14.3. The number of esters is 1. The molecule has 1 heterocycles. The van der Waals surface area contributed by atoms with Gasteiger partial charge in [0, 0.05) is 5.69 Å². The zero-order chi connectivity index (χ0) is 20.3. The Kier molecular flexibility index (Phi) is 5.32. The number of nitrogens with zero attached hydrogens (tertiary/aromatic N) is 2. The van der Waals surface area contributed by atoms with Gasteiger partial charge in [-0.05, 0) is 36.4 Å². The summed E-state index contributed by atoms with van der Waals surface area (Å²) in [6, 6.07) is 12.4. The number of carbonyl (C=O) groups is 3. The van der Waals surface area contributed by atoms with Crippen LogP contribution < -0.4 is 9.64 Å². The number of anilines is 1. The van der Waals surface area contributed by atoms with Crippen LogP contribution in [0.2, 0.25) is 0 Å². The lowest BCUT2D eigenvalue weighted by Crippen LogP contribution is -2.38. The summed E-state index contributed by atoms with van der Waals surface area (Å²) in [6.07, 6.45) is 0. The zero-order valence-electron chi connectivity index (χ0n) is 14.8. The van der Waals surface area contributed by atoms with Crippen molar-refractivity contribution in [2.45, 2.75) is 4.90 Å². The predicted octanol–water partition coefficient (Wildman–Crippen LogP) is 1.40. The molecule has 2 aromatic carbocycles. The van der Waals surface area contributed by atoms with E-state index in [1.807, 2.05) is 0 Å². The Morgan fingerprint density at radius 2 is 1.68 bits per heavy atom. The Morgan fingerprint density at radius 3 is 2.29 bits per heavy atom. The third-order valence-corrected chi connectivity index (χ3v) is 5.65. The van der Waals surface area contributed by atoms with Gasteiger partial charge in [0.05, 0.1) is 12.0 Å². The van der Waals surface area contributed by atoms with Crippen LogP contribution in [0.5, 0.6) is 5.75 Å². The van der Waals surface area contributed by atoms with Crippen LogP contribution in [0.15, 0.2) is 59.5 Å². The number of carbonyl (C=O) groups excluding carboxylic acids is 3. The first-order valence-corrected chi connectivity index (χ1v) is 9.53. The van der Waals surface area contributed by atoms with Gasteiger partial charge in [-0.3, -0.25) is 9.69 Å². The Labute approximate surface area is 161 Å². The minimum atomic E-state index is -4.39. The maximum Gasteiger partial charge on any atom is 0.346 e. The average Bonchev–Trinajstić information content (AvgIpc) is 3.01. The quantitative estimate of drug-likeness (QED) is 0.528. The first-order valence-electron chi connectivity index (χ1n) is 8.09.